The van der Waals surface area contributed by atoms with E-state index in [2.05, 4.69) is 25.5 Å². The molecule has 0 aliphatic heterocycles. The van der Waals surface area contributed by atoms with Crippen molar-refractivity contribution in [3.8, 4) is 0 Å². The molecule has 0 bridgehead atoms. The summed E-state index contributed by atoms with van der Waals surface area (Å²) in [5.41, 5.74) is 5.47. The molecule has 8 nitrogen and oxygen atoms in total. The first kappa shape index (κ1) is 63.8. The van der Waals surface area contributed by atoms with Crippen molar-refractivity contribution in [1.82, 2.24) is 0 Å². The fraction of sp³-hybridized carbons (Fsp3) is 0.943. The van der Waals surface area contributed by atoms with Crippen molar-refractivity contribution in [3.63, 3.8) is 0 Å². The third-order valence-corrected chi connectivity index (χ3v) is 11.7. The lowest BCUT2D eigenvalue weighted by molar-refractivity contribution is -0.160. The standard InChI is InChI=1S/2C18H38O.C17H31NO5/c2*1-2-3-4-5-6-7-8-9-10-11-12-13-14-15-16-17-18-19;1-2-3-4-5-6-7-8-9-10-11-16(21)23-17(22)14(18)12-13-15(19)20/h2*19H,2-18H2,1H3;14H,2-13,18H2,1H3,(H,19,20). The number of carbonyl (C=O) groups is 3. The Morgan fingerprint density at radius 3 is 0.836 bits per heavy atom. The van der Waals surface area contributed by atoms with E-state index in [1.54, 1.807) is 0 Å². The second-order valence-corrected chi connectivity index (χ2v) is 18.0. The van der Waals surface area contributed by atoms with Crippen LogP contribution in [0, 0.1) is 0 Å². The molecule has 0 amide bonds. The summed E-state index contributed by atoms with van der Waals surface area (Å²) in [5, 5.41) is 25.8. The molecule has 0 aromatic carbocycles. The molecule has 5 N–H and O–H groups in total. The predicted molar refractivity (Wildman–Crippen MR) is 261 cm³/mol. The average Bonchev–Trinajstić information content (AvgIpc) is 3.25. The highest BCUT2D eigenvalue weighted by molar-refractivity contribution is 5.88. The lowest BCUT2D eigenvalue weighted by Gasteiger charge is -2.09. The van der Waals surface area contributed by atoms with Gasteiger partial charge in [-0.25, -0.2) is 4.79 Å². The van der Waals surface area contributed by atoms with Crippen LogP contribution in [0.3, 0.4) is 0 Å². The normalized spacial score (nSPS) is 11.4. The van der Waals surface area contributed by atoms with Gasteiger partial charge in [-0.15, -0.1) is 0 Å². The van der Waals surface area contributed by atoms with Gasteiger partial charge in [-0.3, -0.25) is 9.59 Å². The number of rotatable bonds is 46. The van der Waals surface area contributed by atoms with Gasteiger partial charge in [0.05, 0.1) is 0 Å². The third-order valence-electron chi connectivity index (χ3n) is 11.7. The number of hydrogen-bond donors (Lipinski definition) is 4. The van der Waals surface area contributed by atoms with Gasteiger partial charge in [-0.1, -0.05) is 265 Å². The number of hydrogen-bond acceptors (Lipinski definition) is 7. The third kappa shape index (κ3) is 62.9. The van der Waals surface area contributed by atoms with E-state index in [0.29, 0.717) is 19.6 Å². The van der Waals surface area contributed by atoms with Crippen LogP contribution in [0.25, 0.3) is 0 Å². The van der Waals surface area contributed by atoms with Gasteiger partial charge in [0.1, 0.15) is 6.04 Å². The molecule has 1 atom stereocenters. The molecule has 0 spiro atoms. The number of unbranched alkanes of at least 4 members (excludes halogenated alkanes) is 38. The molecule has 0 aliphatic carbocycles. The Bertz CT molecular complexity index is 788. The summed E-state index contributed by atoms with van der Waals surface area (Å²) >= 11 is 0. The quantitative estimate of drug-likeness (QED) is 0.0269. The molecule has 0 aliphatic rings. The summed E-state index contributed by atoms with van der Waals surface area (Å²) in [6, 6.07) is -1.06. The topological polar surface area (TPSA) is 147 Å². The molecule has 61 heavy (non-hydrogen) atoms. The van der Waals surface area contributed by atoms with Crippen LogP contribution in [0.1, 0.15) is 303 Å². The van der Waals surface area contributed by atoms with Crippen molar-refractivity contribution in [3.05, 3.63) is 0 Å². The van der Waals surface area contributed by atoms with Gasteiger partial charge in [-0.05, 0) is 25.7 Å². The van der Waals surface area contributed by atoms with Gasteiger partial charge in [0.15, 0.2) is 0 Å². The Morgan fingerprint density at radius 2 is 0.607 bits per heavy atom. The Labute approximate surface area is 379 Å². The van der Waals surface area contributed by atoms with E-state index in [4.69, 9.17) is 21.1 Å². The maximum atomic E-state index is 11.5. The molecule has 0 aromatic rings. The number of aliphatic hydroxyl groups excluding tert-OH is 2. The number of aliphatic hydroxyl groups is 2. The van der Waals surface area contributed by atoms with Crippen molar-refractivity contribution in [2.24, 2.45) is 5.73 Å². The van der Waals surface area contributed by atoms with Gasteiger partial charge in [-0.2, -0.15) is 0 Å². The lowest BCUT2D eigenvalue weighted by atomic mass is 10.0. The minimum Gasteiger partial charge on any atom is -0.481 e. The molecule has 0 rings (SSSR count). The summed E-state index contributed by atoms with van der Waals surface area (Å²) in [5.74, 6) is -2.45. The molecule has 0 fully saturated rings. The minimum absolute atomic E-state index is 0.0283. The van der Waals surface area contributed by atoms with Crippen molar-refractivity contribution in [2.75, 3.05) is 13.2 Å². The fourth-order valence-corrected chi connectivity index (χ4v) is 7.54. The average molecular weight is 870 g/mol. The highest BCUT2D eigenvalue weighted by Gasteiger charge is 2.19. The summed E-state index contributed by atoms with van der Waals surface area (Å²) in [6.07, 6.45) is 54.6. The van der Waals surface area contributed by atoms with Crippen molar-refractivity contribution in [1.29, 1.82) is 0 Å². The minimum atomic E-state index is -1.06. The van der Waals surface area contributed by atoms with E-state index in [0.717, 1.165) is 25.7 Å². The predicted octanol–water partition coefficient (Wildman–Crippen LogP) is 15.6. The molecule has 0 saturated carbocycles. The summed E-state index contributed by atoms with van der Waals surface area (Å²) in [4.78, 5) is 33.3. The van der Waals surface area contributed by atoms with Crippen LogP contribution in [-0.2, 0) is 19.1 Å². The first-order chi connectivity index (χ1) is 29.8. The van der Waals surface area contributed by atoms with Gasteiger partial charge >= 0.3 is 17.9 Å². The SMILES string of the molecule is CCCCCCCCCCCC(=O)OC(=O)C(N)CCC(=O)O.CCCCCCCCCCCCCCCCCCO.CCCCCCCCCCCCCCCCCCO. The van der Waals surface area contributed by atoms with Crippen molar-refractivity contribution >= 4 is 17.9 Å². The number of aliphatic carboxylic acids is 1. The van der Waals surface area contributed by atoms with Crippen LogP contribution in [0.2, 0.25) is 0 Å². The summed E-state index contributed by atoms with van der Waals surface area (Å²) < 4.78 is 4.62. The zero-order chi connectivity index (χ0) is 45.5. The Hall–Kier alpha value is -1.51. The second-order valence-electron chi connectivity index (χ2n) is 18.0. The van der Waals surface area contributed by atoms with E-state index < -0.39 is 23.9 Å². The highest BCUT2D eigenvalue weighted by atomic mass is 16.6. The molecule has 0 aromatic heterocycles. The fourth-order valence-electron chi connectivity index (χ4n) is 7.54. The van der Waals surface area contributed by atoms with E-state index >= 15 is 0 Å². The number of carboxylic acid groups (broad SMARTS) is 1. The van der Waals surface area contributed by atoms with E-state index in [1.807, 2.05) is 0 Å². The number of esters is 2. The first-order valence-corrected chi connectivity index (χ1v) is 26.7. The van der Waals surface area contributed by atoms with Crippen LogP contribution >= 0.6 is 0 Å². The Balaban J connectivity index is -0.000000833. The summed E-state index contributed by atoms with van der Waals surface area (Å²) in [7, 11) is 0. The second kappa shape index (κ2) is 58.5. The molecule has 8 heteroatoms. The smallest absolute Gasteiger partial charge is 0.330 e. The van der Waals surface area contributed by atoms with Gasteiger partial charge in [0.25, 0.3) is 0 Å². The zero-order valence-corrected chi connectivity index (χ0v) is 41.2. The molecule has 0 saturated heterocycles. The Morgan fingerprint density at radius 1 is 0.377 bits per heavy atom. The van der Waals surface area contributed by atoms with Crippen LogP contribution in [-0.4, -0.2) is 52.5 Å². The molecule has 0 heterocycles. The van der Waals surface area contributed by atoms with Gasteiger partial charge in [0, 0.05) is 26.1 Å². The van der Waals surface area contributed by atoms with Crippen molar-refractivity contribution in [2.45, 2.75) is 309 Å². The number of nitrogens with two attached hydrogens (primary N) is 1. The zero-order valence-electron chi connectivity index (χ0n) is 41.2. The molecule has 366 valence electrons. The largest absolute Gasteiger partial charge is 0.481 e. The van der Waals surface area contributed by atoms with Crippen LogP contribution < -0.4 is 5.73 Å². The monoisotopic (exact) mass is 870 g/mol. The van der Waals surface area contributed by atoms with Gasteiger partial charge < -0.3 is 25.8 Å². The van der Waals surface area contributed by atoms with Crippen molar-refractivity contribution < 1.29 is 34.4 Å². The highest BCUT2D eigenvalue weighted by Crippen LogP contribution is 2.16. The summed E-state index contributed by atoms with van der Waals surface area (Å²) in [6.45, 7) is 7.51. The lowest BCUT2D eigenvalue weighted by Crippen LogP contribution is -2.34. The van der Waals surface area contributed by atoms with E-state index in [9.17, 15) is 14.4 Å². The number of carboxylic acids is 1. The number of carbonyl (C=O) groups excluding carboxylic acids is 2. The molecular weight excluding hydrogens is 763 g/mol. The molecule has 0 radical (unpaired) electrons. The molecular formula is C53H107NO7. The van der Waals surface area contributed by atoms with E-state index in [-0.39, 0.29) is 19.3 Å². The van der Waals surface area contributed by atoms with Gasteiger partial charge in [0.2, 0.25) is 0 Å². The van der Waals surface area contributed by atoms with Crippen LogP contribution in [0.5, 0.6) is 0 Å². The molecule has 1 unspecified atom stereocenters. The maximum absolute atomic E-state index is 11.5. The Kier molecular flexibility index (Phi) is 61.2. The number of ether oxygens (including phenoxy) is 1. The van der Waals surface area contributed by atoms with Crippen LogP contribution in [0.15, 0.2) is 0 Å². The van der Waals surface area contributed by atoms with Crippen LogP contribution in [0.4, 0.5) is 0 Å². The van der Waals surface area contributed by atoms with E-state index in [1.165, 1.54) is 231 Å². The first-order valence-electron chi connectivity index (χ1n) is 26.7. The maximum Gasteiger partial charge on any atom is 0.330 e.